The fourth-order valence-corrected chi connectivity index (χ4v) is 3.14. The maximum absolute atomic E-state index is 5.98. The van der Waals surface area contributed by atoms with E-state index in [4.69, 9.17) is 17.4 Å². The summed E-state index contributed by atoms with van der Waals surface area (Å²) < 4.78 is 0.947. The predicted octanol–water partition coefficient (Wildman–Crippen LogP) is 4.27. The molecule has 19 heavy (non-hydrogen) atoms. The molecule has 0 aliphatic rings. The van der Waals surface area contributed by atoms with E-state index in [-0.39, 0.29) is 6.04 Å². The summed E-state index contributed by atoms with van der Waals surface area (Å²) in [5.41, 5.74) is 7.57. The number of rotatable bonds is 3. The second-order valence-electron chi connectivity index (χ2n) is 4.63. The molecule has 0 spiro atoms. The first-order chi connectivity index (χ1) is 9.02. The summed E-state index contributed by atoms with van der Waals surface area (Å²) in [4.78, 5) is 0. The molecule has 0 fully saturated rings. The van der Waals surface area contributed by atoms with E-state index in [1.165, 1.54) is 11.1 Å². The Morgan fingerprint density at radius 2 is 1.79 bits per heavy atom. The quantitative estimate of drug-likeness (QED) is 0.647. The zero-order chi connectivity index (χ0) is 14.0. The monoisotopic (exact) mass is 338 g/mol. The average molecular weight is 340 g/mol. The molecule has 0 bridgehead atoms. The van der Waals surface area contributed by atoms with E-state index in [9.17, 15) is 0 Å². The van der Waals surface area contributed by atoms with Gasteiger partial charge in [-0.1, -0.05) is 57.4 Å². The first kappa shape index (κ1) is 14.5. The standard InChI is InChI=1S/C15H16BrClN2/c1-9-3-5-12(10(2)7-9)15(19-18)13-6-4-11(17)8-14(13)16/h3-8,15,19H,18H2,1-2H3. The van der Waals surface area contributed by atoms with Crippen molar-refractivity contribution < 1.29 is 0 Å². The molecule has 100 valence electrons. The fraction of sp³-hybridized carbons (Fsp3) is 0.200. The number of hydrogen-bond acceptors (Lipinski definition) is 2. The molecular formula is C15H16BrClN2. The number of benzene rings is 2. The molecule has 0 aromatic heterocycles. The van der Waals surface area contributed by atoms with Crippen molar-refractivity contribution in [3.8, 4) is 0 Å². The molecule has 0 aliphatic heterocycles. The number of nitrogens with one attached hydrogen (secondary N) is 1. The van der Waals surface area contributed by atoms with E-state index in [1.54, 1.807) is 0 Å². The fourth-order valence-electron chi connectivity index (χ4n) is 2.23. The lowest BCUT2D eigenvalue weighted by molar-refractivity contribution is 0.631. The Kier molecular flexibility index (Phi) is 4.63. The molecular weight excluding hydrogens is 324 g/mol. The number of hydrazine groups is 1. The van der Waals surface area contributed by atoms with E-state index >= 15 is 0 Å². The van der Waals surface area contributed by atoms with Crippen LogP contribution in [0.1, 0.15) is 28.3 Å². The van der Waals surface area contributed by atoms with Crippen LogP contribution in [0.4, 0.5) is 0 Å². The summed E-state index contributed by atoms with van der Waals surface area (Å²) in [5, 5.41) is 0.701. The molecule has 0 aliphatic carbocycles. The second kappa shape index (κ2) is 6.06. The van der Waals surface area contributed by atoms with E-state index in [0.717, 1.165) is 15.6 Å². The molecule has 3 N–H and O–H groups in total. The van der Waals surface area contributed by atoms with Crippen molar-refractivity contribution in [2.45, 2.75) is 19.9 Å². The largest absolute Gasteiger partial charge is 0.271 e. The van der Waals surface area contributed by atoms with Crippen LogP contribution in [0.2, 0.25) is 5.02 Å². The summed E-state index contributed by atoms with van der Waals surface area (Å²) in [6.07, 6.45) is 0. The Balaban J connectivity index is 2.50. The molecule has 1 atom stereocenters. The van der Waals surface area contributed by atoms with Crippen molar-refractivity contribution in [2.75, 3.05) is 0 Å². The van der Waals surface area contributed by atoms with Gasteiger partial charge in [0.25, 0.3) is 0 Å². The highest BCUT2D eigenvalue weighted by Crippen LogP contribution is 2.31. The molecule has 1 unspecified atom stereocenters. The Morgan fingerprint density at radius 1 is 1.11 bits per heavy atom. The van der Waals surface area contributed by atoms with Gasteiger partial charge in [0.15, 0.2) is 0 Å². The smallest absolute Gasteiger partial charge is 0.0723 e. The van der Waals surface area contributed by atoms with Gasteiger partial charge in [-0.25, -0.2) is 5.43 Å². The van der Waals surface area contributed by atoms with Gasteiger partial charge >= 0.3 is 0 Å². The van der Waals surface area contributed by atoms with Gasteiger partial charge in [-0.15, -0.1) is 0 Å². The molecule has 0 heterocycles. The van der Waals surface area contributed by atoms with Crippen LogP contribution in [0.3, 0.4) is 0 Å². The lowest BCUT2D eigenvalue weighted by Crippen LogP contribution is -2.29. The third-order valence-corrected chi connectivity index (χ3v) is 4.10. The van der Waals surface area contributed by atoms with Crippen molar-refractivity contribution in [3.63, 3.8) is 0 Å². The first-order valence-electron chi connectivity index (χ1n) is 6.01. The van der Waals surface area contributed by atoms with Gasteiger partial charge in [0.2, 0.25) is 0 Å². The number of aryl methyl sites for hydroxylation is 2. The molecule has 2 aromatic carbocycles. The minimum Gasteiger partial charge on any atom is -0.271 e. The number of nitrogens with two attached hydrogens (primary N) is 1. The van der Waals surface area contributed by atoms with Crippen molar-refractivity contribution >= 4 is 27.5 Å². The minimum atomic E-state index is -0.0627. The van der Waals surface area contributed by atoms with Gasteiger partial charge in [-0.05, 0) is 42.7 Å². The maximum Gasteiger partial charge on any atom is 0.0723 e. The average Bonchev–Trinajstić information content (AvgIpc) is 2.34. The molecule has 2 rings (SSSR count). The maximum atomic E-state index is 5.98. The van der Waals surface area contributed by atoms with E-state index < -0.39 is 0 Å². The normalized spacial score (nSPS) is 12.5. The summed E-state index contributed by atoms with van der Waals surface area (Å²) in [7, 11) is 0. The van der Waals surface area contributed by atoms with E-state index in [0.29, 0.717) is 5.02 Å². The summed E-state index contributed by atoms with van der Waals surface area (Å²) in [5.74, 6) is 5.75. The summed E-state index contributed by atoms with van der Waals surface area (Å²) >= 11 is 9.53. The Labute approximate surface area is 127 Å². The third-order valence-electron chi connectivity index (χ3n) is 3.18. The highest BCUT2D eigenvalue weighted by Gasteiger charge is 2.17. The van der Waals surface area contributed by atoms with Gasteiger partial charge in [0, 0.05) is 9.50 Å². The molecule has 2 aromatic rings. The van der Waals surface area contributed by atoms with Crippen molar-refractivity contribution in [2.24, 2.45) is 5.84 Å². The van der Waals surface area contributed by atoms with Crippen molar-refractivity contribution in [3.05, 3.63) is 68.1 Å². The predicted molar refractivity (Wildman–Crippen MR) is 84.2 cm³/mol. The van der Waals surface area contributed by atoms with Crippen LogP contribution in [0.5, 0.6) is 0 Å². The van der Waals surface area contributed by atoms with Gasteiger partial charge in [-0.2, -0.15) is 0 Å². The topological polar surface area (TPSA) is 38.0 Å². The van der Waals surface area contributed by atoms with Crippen LogP contribution in [0.25, 0.3) is 0 Å². The van der Waals surface area contributed by atoms with E-state index in [2.05, 4.69) is 53.4 Å². The van der Waals surface area contributed by atoms with Gasteiger partial charge in [0.05, 0.1) is 6.04 Å². The molecule has 4 heteroatoms. The highest BCUT2D eigenvalue weighted by molar-refractivity contribution is 9.10. The van der Waals surface area contributed by atoms with Crippen LogP contribution in [0, 0.1) is 13.8 Å². The molecule has 2 nitrogen and oxygen atoms in total. The van der Waals surface area contributed by atoms with Crippen LogP contribution in [0.15, 0.2) is 40.9 Å². The Bertz CT molecular complexity index is 547. The minimum absolute atomic E-state index is 0.0627. The lowest BCUT2D eigenvalue weighted by Gasteiger charge is -2.21. The lowest BCUT2D eigenvalue weighted by atomic mass is 9.94. The zero-order valence-corrected chi connectivity index (χ0v) is 13.2. The van der Waals surface area contributed by atoms with Gasteiger partial charge in [0.1, 0.15) is 0 Å². The molecule has 0 amide bonds. The van der Waals surface area contributed by atoms with Crippen LogP contribution >= 0.6 is 27.5 Å². The SMILES string of the molecule is Cc1ccc(C(NN)c2ccc(Cl)cc2Br)c(C)c1. The van der Waals surface area contributed by atoms with Gasteiger partial charge in [-0.3, -0.25) is 5.84 Å². The van der Waals surface area contributed by atoms with Crippen LogP contribution < -0.4 is 11.3 Å². The highest BCUT2D eigenvalue weighted by atomic mass is 79.9. The number of hydrogen-bond donors (Lipinski definition) is 2. The summed E-state index contributed by atoms with van der Waals surface area (Å²) in [6.45, 7) is 4.18. The summed E-state index contributed by atoms with van der Waals surface area (Å²) in [6, 6.07) is 12.0. The number of halogens is 2. The van der Waals surface area contributed by atoms with Crippen LogP contribution in [-0.4, -0.2) is 0 Å². The molecule has 0 saturated carbocycles. The Hall–Kier alpha value is -0.870. The second-order valence-corrected chi connectivity index (χ2v) is 5.92. The Morgan fingerprint density at radius 3 is 2.37 bits per heavy atom. The molecule has 0 saturated heterocycles. The zero-order valence-electron chi connectivity index (χ0n) is 10.9. The first-order valence-corrected chi connectivity index (χ1v) is 7.18. The van der Waals surface area contributed by atoms with Crippen molar-refractivity contribution in [1.82, 2.24) is 5.43 Å². The third kappa shape index (κ3) is 3.18. The van der Waals surface area contributed by atoms with Gasteiger partial charge < -0.3 is 0 Å². The van der Waals surface area contributed by atoms with Crippen LogP contribution in [-0.2, 0) is 0 Å². The molecule has 0 radical (unpaired) electrons. The van der Waals surface area contributed by atoms with E-state index in [1.807, 2.05) is 18.2 Å². The van der Waals surface area contributed by atoms with Crippen molar-refractivity contribution in [1.29, 1.82) is 0 Å².